The van der Waals surface area contributed by atoms with Gasteiger partial charge in [0.15, 0.2) is 0 Å². The summed E-state index contributed by atoms with van der Waals surface area (Å²) in [6.45, 7) is 0.742. The molecule has 3 rings (SSSR count). The monoisotopic (exact) mass is 311 g/mol. The van der Waals surface area contributed by atoms with Gasteiger partial charge in [-0.2, -0.15) is 10.4 Å². The fourth-order valence-corrected chi connectivity index (χ4v) is 2.16. The highest BCUT2D eigenvalue weighted by molar-refractivity contribution is 5.76. The Hall–Kier alpha value is -3.21. The summed E-state index contributed by atoms with van der Waals surface area (Å²) in [5, 5.41) is 12.7. The number of pyridine rings is 1. The minimum Gasteiger partial charge on any atom is -0.471 e. The van der Waals surface area contributed by atoms with Gasteiger partial charge in [-0.25, -0.2) is 9.67 Å². The standard InChI is InChI=1S/C15H13N5O3/c16-7-11-3-5-17-13(6-11)23-12-8-19(9-12)15(22)10-20-14(21)2-1-4-18-20/h1-6,12H,8-10H2. The Morgan fingerprint density at radius 1 is 1.39 bits per heavy atom. The van der Waals surface area contributed by atoms with Gasteiger partial charge in [-0.05, 0) is 12.1 Å². The number of carbonyl (C=O) groups excluding carboxylic acids is 1. The maximum absolute atomic E-state index is 12.1. The third-order valence-corrected chi connectivity index (χ3v) is 3.42. The quantitative estimate of drug-likeness (QED) is 0.775. The average Bonchev–Trinajstić information content (AvgIpc) is 2.52. The van der Waals surface area contributed by atoms with E-state index in [-0.39, 0.29) is 24.1 Å². The Bertz CT molecular complexity index is 820. The van der Waals surface area contributed by atoms with Crippen LogP contribution >= 0.6 is 0 Å². The van der Waals surface area contributed by atoms with Crippen LogP contribution in [0.3, 0.4) is 0 Å². The highest BCUT2D eigenvalue weighted by Crippen LogP contribution is 2.17. The Balaban J connectivity index is 1.53. The van der Waals surface area contributed by atoms with Gasteiger partial charge in [-0.15, -0.1) is 0 Å². The summed E-state index contributed by atoms with van der Waals surface area (Å²) in [6, 6.07) is 8.04. The molecule has 3 heterocycles. The van der Waals surface area contributed by atoms with E-state index in [1.165, 1.54) is 24.5 Å². The van der Waals surface area contributed by atoms with Gasteiger partial charge in [0.2, 0.25) is 11.8 Å². The van der Waals surface area contributed by atoms with Crippen molar-refractivity contribution in [3.63, 3.8) is 0 Å². The molecule has 8 heteroatoms. The van der Waals surface area contributed by atoms with Gasteiger partial charge >= 0.3 is 0 Å². The summed E-state index contributed by atoms with van der Waals surface area (Å²) in [7, 11) is 0. The largest absolute Gasteiger partial charge is 0.471 e. The molecular formula is C15H13N5O3. The molecule has 23 heavy (non-hydrogen) atoms. The minimum atomic E-state index is -0.313. The number of nitriles is 1. The van der Waals surface area contributed by atoms with Gasteiger partial charge in [-0.3, -0.25) is 9.59 Å². The lowest BCUT2D eigenvalue weighted by molar-refractivity contribution is -0.141. The number of hydrogen-bond acceptors (Lipinski definition) is 6. The number of rotatable bonds is 4. The first-order valence-corrected chi connectivity index (χ1v) is 6.98. The highest BCUT2D eigenvalue weighted by Gasteiger charge is 2.32. The molecule has 0 unspecified atom stereocenters. The molecule has 0 aliphatic carbocycles. The van der Waals surface area contributed by atoms with E-state index < -0.39 is 0 Å². The molecule has 2 aromatic rings. The highest BCUT2D eigenvalue weighted by atomic mass is 16.5. The number of likely N-dealkylation sites (tertiary alicyclic amines) is 1. The third kappa shape index (κ3) is 3.35. The first kappa shape index (κ1) is 14.7. The number of nitrogens with zero attached hydrogens (tertiary/aromatic N) is 5. The van der Waals surface area contributed by atoms with Crippen LogP contribution in [0.25, 0.3) is 0 Å². The van der Waals surface area contributed by atoms with Crippen LogP contribution in [0, 0.1) is 11.3 Å². The maximum Gasteiger partial charge on any atom is 0.267 e. The van der Waals surface area contributed by atoms with E-state index in [9.17, 15) is 9.59 Å². The summed E-state index contributed by atoms with van der Waals surface area (Å²) in [6.07, 6.45) is 2.80. The summed E-state index contributed by atoms with van der Waals surface area (Å²) >= 11 is 0. The van der Waals surface area contributed by atoms with Crippen LogP contribution in [-0.4, -0.2) is 44.8 Å². The normalized spacial score (nSPS) is 14.0. The van der Waals surface area contributed by atoms with Gasteiger partial charge in [0.25, 0.3) is 5.56 Å². The van der Waals surface area contributed by atoms with Gasteiger partial charge < -0.3 is 9.64 Å². The molecule has 0 aromatic carbocycles. The average molecular weight is 311 g/mol. The van der Waals surface area contributed by atoms with Gasteiger partial charge in [0.05, 0.1) is 24.7 Å². The van der Waals surface area contributed by atoms with Crippen LogP contribution in [-0.2, 0) is 11.3 Å². The van der Waals surface area contributed by atoms with Crippen molar-refractivity contribution >= 4 is 5.91 Å². The van der Waals surface area contributed by atoms with Gasteiger partial charge in [0, 0.05) is 24.5 Å². The van der Waals surface area contributed by atoms with Gasteiger partial charge in [-0.1, -0.05) is 0 Å². The van der Waals surface area contributed by atoms with Crippen LogP contribution in [0.5, 0.6) is 5.88 Å². The number of hydrogen-bond donors (Lipinski definition) is 0. The molecule has 1 fully saturated rings. The van der Waals surface area contributed by atoms with Crippen molar-refractivity contribution in [3.05, 3.63) is 52.6 Å². The van der Waals surface area contributed by atoms with E-state index in [1.54, 1.807) is 17.0 Å². The van der Waals surface area contributed by atoms with Gasteiger partial charge in [0.1, 0.15) is 12.6 Å². The molecule has 0 spiro atoms. The lowest BCUT2D eigenvalue weighted by Crippen LogP contribution is -2.57. The van der Waals surface area contributed by atoms with Crippen LogP contribution in [0.4, 0.5) is 0 Å². The Morgan fingerprint density at radius 2 is 2.22 bits per heavy atom. The molecule has 0 radical (unpaired) electrons. The summed E-state index contributed by atoms with van der Waals surface area (Å²) in [5.74, 6) is 0.173. The Labute approximate surface area is 131 Å². The van der Waals surface area contributed by atoms with Crippen LogP contribution in [0.1, 0.15) is 5.56 Å². The predicted octanol–water partition coefficient (Wildman–Crippen LogP) is -0.200. The zero-order valence-corrected chi connectivity index (χ0v) is 12.1. The van der Waals surface area contributed by atoms with E-state index in [2.05, 4.69) is 10.1 Å². The van der Waals surface area contributed by atoms with Crippen molar-refractivity contribution in [2.75, 3.05) is 13.1 Å². The molecule has 116 valence electrons. The summed E-state index contributed by atoms with van der Waals surface area (Å²) < 4.78 is 6.73. The smallest absolute Gasteiger partial charge is 0.267 e. The van der Waals surface area contributed by atoms with Crippen molar-refractivity contribution in [3.8, 4) is 11.9 Å². The zero-order valence-electron chi connectivity index (χ0n) is 12.1. The lowest BCUT2D eigenvalue weighted by atomic mass is 10.1. The molecule has 1 aliphatic rings. The Morgan fingerprint density at radius 3 is 2.96 bits per heavy atom. The molecule has 0 bridgehead atoms. The molecule has 2 aromatic heterocycles. The van der Waals surface area contributed by atoms with Crippen LogP contribution < -0.4 is 10.3 Å². The molecule has 1 aliphatic heterocycles. The SMILES string of the molecule is N#Cc1ccnc(OC2CN(C(=O)Cn3ncccc3=O)C2)c1. The fourth-order valence-electron chi connectivity index (χ4n) is 2.16. The number of amides is 1. The van der Waals surface area contributed by atoms with E-state index >= 15 is 0 Å². The topological polar surface area (TPSA) is 101 Å². The first-order valence-electron chi connectivity index (χ1n) is 6.98. The fraction of sp³-hybridized carbons (Fsp3) is 0.267. The van der Waals surface area contributed by atoms with Crippen LogP contribution in [0.15, 0.2) is 41.5 Å². The second-order valence-corrected chi connectivity index (χ2v) is 5.05. The van der Waals surface area contributed by atoms with E-state index in [0.717, 1.165) is 4.68 Å². The molecule has 0 N–H and O–H groups in total. The summed E-state index contributed by atoms with van der Waals surface area (Å²) in [4.78, 5) is 29.2. The first-order chi connectivity index (χ1) is 11.2. The predicted molar refractivity (Wildman–Crippen MR) is 78.4 cm³/mol. The van der Waals surface area contributed by atoms with E-state index in [0.29, 0.717) is 24.5 Å². The minimum absolute atomic E-state index is 0.0887. The molecule has 8 nitrogen and oxygen atoms in total. The van der Waals surface area contributed by atoms with Crippen molar-refractivity contribution in [1.29, 1.82) is 5.26 Å². The second-order valence-electron chi connectivity index (χ2n) is 5.05. The van der Waals surface area contributed by atoms with E-state index in [1.807, 2.05) is 6.07 Å². The molecule has 0 saturated carbocycles. The lowest BCUT2D eigenvalue weighted by Gasteiger charge is -2.38. The van der Waals surface area contributed by atoms with Crippen molar-refractivity contribution in [2.45, 2.75) is 12.6 Å². The maximum atomic E-state index is 12.1. The molecule has 0 atom stereocenters. The Kier molecular flexibility index (Phi) is 4.01. The number of ether oxygens (including phenoxy) is 1. The molecule has 1 amide bonds. The number of aromatic nitrogens is 3. The van der Waals surface area contributed by atoms with Crippen molar-refractivity contribution in [1.82, 2.24) is 19.7 Å². The van der Waals surface area contributed by atoms with E-state index in [4.69, 9.17) is 10.00 Å². The van der Waals surface area contributed by atoms with Crippen molar-refractivity contribution < 1.29 is 9.53 Å². The second kappa shape index (κ2) is 6.27. The zero-order chi connectivity index (χ0) is 16.2. The van der Waals surface area contributed by atoms with Crippen molar-refractivity contribution in [2.24, 2.45) is 0 Å². The van der Waals surface area contributed by atoms with Crippen LogP contribution in [0.2, 0.25) is 0 Å². The molecular weight excluding hydrogens is 298 g/mol. The molecule has 1 saturated heterocycles. The summed E-state index contributed by atoms with van der Waals surface area (Å²) in [5.41, 5.74) is 0.156. The third-order valence-electron chi connectivity index (χ3n) is 3.42. The number of carbonyl (C=O) groups is 1.